The summed E-state index contributed by atoms with van der Waals surface area (Å²) in [5, 5.41) is 19.8. The van der Waals surface area contributed by atoms with Crippen molar-refractivity contribution < 1.29 is 32.3 Å². The van der Waals surface area contributed by atoms with Gasteiger partial charge in [0.15, 0.2) is 5.82 Å². The van der Waals surface area contributed by atoms with Crippen molar-refractivity contribution in [2.45, 2.75) is 28.7 Å². The number of rotatable bonds is 8. The third kappa shape index (κ3) is 5.74. The van der Waals surface area contributed by atoms with Gasteiger partial charge in [0.2, 0.25) is 15.7 Å². The fourth-order valence-corrected chi connectivity index (χ4v) is 7.33. The second-order valence-electron chi connectivity index (χ2n) is 11.4. The third-order valence-corrected chi connectivity index (χ3v) is 10.2. The minimum absolute atomic E-state index is 0.0130. The molecule has 2 aliphatic rings. The lowest BCUT2D eigenvalue weighted by Gasteiger charge is -2.37. The van der Waals surface area contributed by atoms with Crippen molar-refractivity contribution in [2.24, 2.45) is 5.73 Å². The Morgan fingerprint density at radius 2 is 1.70 bits per heavy atom. The number of anilines is 3. The monoisotopic (exact) mass is 649 g/mol. The number of hydrogen-bond acceptors (Lipinski definition) is 9. The summed E-state index contributed by atoms with van der Waals surface area (Å²) in [6.45, 7) is 3.19. The number of H-pyrrole nitrogens is 1. The second kappa shape index (κ2) is 12.1. The molecule has 2 aliphatic heterocycles. The van der Waals surface area contributed by atoms with E-state index in [9.17, 15) is 32.3 Å². The zero-order chi connectivity index (χ0) is 32.7. The van der Waals surface area contributed by atoms with Crippen molar-refractivity contribution in [3.63, 3.8) is 0 Å². The summed E-state index contributed by atoms with van der Waals surface area (Å²) in [6.07, 6.45) is 1.06. The van der Waals surface area contributed by atoms with Crippen LogP contribution in [0.4, 0.5) is 21.6 Å². The van der Waals surface area contributed by atoms with Crippen LogP contribution in [0.15, 0.2) is 64.4 Å². The Balaban J connectivity index is 1.40. The van der Waals surface area contributed by atoms with Crippen LogP contribution in [0.5, 0.6) is 0 Å². The normalized spacial score (nSPS) is 17.4. The van der Waals surface area contributed by atoms with Crippen LogP contribution in [0.1, 0.15) is 33.6 Å². The molecule has 15 heteroatoms. The molecule has 3 aromatic carbocycles. The van der Waals surface area contributed by atoms with Gasteiger partial charge in [0.1, 0.15) is 11.9 Å². The number of carbonyl (C=O) groups excluding carboxylic acids is 2. The van der Waals surface area contributed by atoms with Crippen molar-refractivity contribution in [2.75, 3.05) is 54.9 Å². The zero-order valence-electron chi connectivity index (χ0n) is 24.9. The molecule has 0 spiro atoms. The summed E-state index contributed by atoms with van der Waals surface area (Å²) >= 11 is 0. The van der Waals surface area contributed by atoms with Gasteiger partial charge in [-0.2, -0.15) is 5.10 Å². The van der Waals surface area contributed by atoms with E-state index in [0.29, 0.717) is 49.4 Å². The largest absolute Gasteiger partial charge is 0.480 e. The van der Waals surface area contributed by atoms with Crippen LogP contribution in [0, 0.1) is 5.82 Å². The van der Waals surface area contributed by atoms with Gasteiger partial charge in [0.25, 0.3) is 5.91 Å². The summed E-state index contributed by atoms with van der Waals surface area (Å²) in [7, 11) is -2.11. The molecule has 6 rings (SSSR count). The minimum Gasteiger partial charge on any atom is -0.480 e. The summed E-state index contributed by atoms with van der Waals surface area (Å²) < 4.78 is 40.3. The van der Waals surface area contributed by atoms with E-state index in [4.69, 9.17) is 5.73 Å². The summed E-state index contributed by atoms with van der Waals surface area (Å²) in [5.41, 5.74) is 7.16. The molecule has 1 aromatic heterocycles. The smallest absolute Gasteiger partial charge is 0.326 e. The summed E-state index contributed by atoms with van der Waals surface area (Å²) in [6, 6.07) is 11.0. The van der Waals surface area contributed by atoms with E-state index in [1.165, 1.54) is 36.4 Å². The maximum atomic E-state index is 13.8. The molecule has 1 atom stereocenters. The highest BCUT2D eigenvalue weighted by molar-refractivity contribution is 7.91. The maximum Gasteiger partial charge on any atom is 0.326 e. The molecule has 2 amide bonds. The number of piperazine rings is 1. The Hall–Kier alpha value is -5.02. The maximum absolute atomic E-state index is 13.8. The Bertz CT molecular complexity index is 1970. The van der Waals surface area contributed by atoms with Gasteiger partial charge < -0.3 is 30.9 Å². The number of carboxylic acid groups (broad SMARTS) is 1. The van der Waals surface area contributed by atoms with Crippen LogP contribution in [0.2, 0.25) is 0 Å². The number of aromatic nitrogens is 2. The molecule has 13 nitrogen and oxygen atoms in total. The van der Waals surface area contributed by atoms with Crippen LogP contribution in [-0.4, -0.2) is 92.2 Å². The number of hydrogen-bond donors (Lipinski definition) is 4. The number of aromatic amines is 1. The second-order valence-corrected chi connectivity index (χ2v) is 13.4. The van der Waals surface area contributed by atoms with Gasteiger partial charge >= 0.3 is 5.97 Å². The fourth-order valence-electron chi connectivity index (χ4n) is 6.01. The van der Waals surface area contributed by atoms with Crippen LogP contribution >= 0.6 is 0 Å². The molecule has 46 heavy (non-hydrogen) atoms. The van der Waals surface area contributed by atoms with E-state index < -0.39 is 39.5 Å². The van der Waals surface area contributed by atoms with Gasteiger partial charge in [-0.3, -0.25) is 14.7 Å². The number of nitrogens with two attached hydrogens (primary N) is 1. The lowest BCUT2D eigenvalue weighted by atomic mass is 10.0. The topological polar surface area (TPSA) is 182 Å². The zero-order valence-corrected chi connectivity index (χ0v) is 25.7. The molecule has 240 valence electrons. The predicted octanol–water partition coefficient (Wildman–Crippen LogP) is 2.69. The Kier molecular flexibility index (Phi) is 8.12. The fraction of sp³-hybridized carbons (Fsp3) is 0.290. The lowest BCUT2D eigenvalue weighted by molar-refractivity contribution is -0.138. The predicted molar refractivity (Wildman–Crippen MR) is 169 cm³/mol. The number of nitrogens with zero attached hydrogens (tertiary/aromatic N) is 4. The quantitative estimate of drug-likeness (QED) is 0.222. The van der Waals surface area contributed by atoms with Crippen LogP contribution in [0.3, 0.4) is 0 Å². The van der Waals surface area contributed by atoms with Gasteiger partial charge in [-0.25, -0.2) is 17.6 Å². The number of nitrogens with one attached hydrogen (secondary N) is 2. The number of fused-ring (bicyclic) bond motifs is 1. The van der Waals surface area contributed by atoms with E-state index >= 15 is 0 Å². The summed E-state index contributed by atoms with van der Waals surface area (Å²) in [5.74, 6) is -3.30. The van der Waals surface area contributed by atoms with E-state index in [1.807, 2.05) is 7.05 Å². The average molecular weight is 650 g/mol. The van der Waals surface area contributed by atoms with Crippen LogP contribution in [-0.2, 0) is 14.6 Å². The Morgan fingerprint density at radius 3 is 2.39 bits per heavy atom. The first-order chi connectivity index (χ1) is 21.9. The molecule has 3 heterocycles. The third-order valence-electron chi connectivity index (χ3n) is 8.50. The van der Waals surface area contributed by atoms with Crippen molar-refractivity contribution in [3.05, 3.63) is 71.5 Å². The molecule has 0 unspecified atom stereocenters. The first-order valence-corrected chi connectivity index (χ1v) is 16.1. The molecule has 2 fully saturated rings. The van der Waals surface area contributed by atoms with Crippen molar-refractivity contribution >= 4 is 55.7 Å². The molecule has 5 N–H and O–H groups in total. The molecule has 2 saturated heterocycles. The molecule has 4 aromatic rings. The van der Waals surface area contributed by atoms with Crippen molar-refractivity contribution in [1.82, 2.24) is 15.1 Å². The van der Waals surface area contributed by atoms with Crippen LogP contribution in [0.25, 0.3) is 10.9 Å². The van der Waals surface area contributed by atoms with E-state index in [1.54, 1.807) is 11.0 Å². The average Bonchev–Trinajstić information content (AvgIpc) is 3.68. The molecular formula is C31H32FN7O6S. The van der Waals surface area contributed by atoms with Gasteiger partial charge in [0, 0.05) is 38.1 Å². The number of sulfone groups is 1. The van der Waals surface area contributed by atoms with Crippen LogP contribution < -0.4 is 20.9 Å². The van der Waals surface area contributed by atoms with E-state index in [0.717, 1.165) is 25.2 Å². The molecule has 0 aliphatic carbocycles. The number of carbonyl (C=O) groups is 3. The lowest BCUT2D eigenvalue weighted by Crippen LogP contribution is -2.45. The molecule has 0 radical (unpaired) electrons. The SMILES string of the molecule is CN1CCN(c2cc(C(N)=O)c(C(=O)Nc3n[nH]c4ccc(S(=O)(=O)c5cccc(F)c5)cc34)cc2N2CCC[C@H]2C(=O)O)CC1. The highest BCUT2D eigenvalue weighted by Crippen LogP contribution is 2.38. The molecular weight excluding hydrogens is 617 g/mol. The first-order valence-electron chi connectivity index (χ1n) is 14.6. The first kappa shape index (κ1) is 31.0. The standard InChI is InChI=1S/C31H32FN7O6S/c1-37-10-12-38(13-11-37)26-16-21(28(33)40)22(17-27(26)39-9-3-6-25(39)31(42)43)30(41)34-29-23-15-20(7-8-24(23)35-36-29)46(44,45)19-5-2-4-18(32)14-19/h2,4-5,7-8,14-17,25H,3,6,9-13H2,1H3,(H2,33,40)(H,42,43)(H2,34,35,36,41)/t25-/m0/s1. The number of likely N-dealkylation sites (N-methyl/N-ethyl adjacent to an activating group) is 1. The van der Waals surface area contributed by atoms with Crippen molar-refractivity contribution in [3.8, 4) is 0 Å². The summed E-state index contributed by atoms with van der Waals surface area (Å²) in [4.78, 5) is 44.3. The van der Waals surface area contributed by atoms with E-state index in [-0.39, 0.29) is 32.1 Å². The van der Waals surface area contributed by atoms with Gasteiger partial charge in [0.05, 0.1) is 37.8 Å². The highest BCUT2D eigenvalue weighted by atomic mass is 32.2. The number of benzene rings is 3. The molecule has 0 saturated carbocycles. The van der Waals surface area contributed by atoms with E-state index in [2.05, 4.69) is 25.3 Å². The Labute approximate surface area is 263 Å². The minimum atomic E-state index is -4.11. The van der Waals surface area contributed by atoms with Gasteiger partial charge in [-0.05, 0) is 68.4 Å². The van der Waals surface area contributed by atoms with Crippen molar-refractivity contribution in [1.29, 1.82) is 0 Å². The number of aliphatic carboxylic acids is 1. The van der Waals surface area contributed by atoms with Gasteiger partial charge in [-0.1, -0.05) is 6.07 Å². The molecule has 0 bridgehead atoms. The number of carboxylic acids is 1. The number of amides is 2. The van der Waals surface area contributed by atoms with Gasteiger partial charge in [-0.15, -0.1) is 0 Å². The highest BCUT2D eigenvalue weighted by Gasteiger charge is 2.35. The number of primary amides is 1. The Morgan fingerprint density at radius 1 is 0.978 bits per heavy atom. The number of halogens is 1.